The van der Waals surface area contributed by atoms with Gasteiger partial charge < -0.3 is 0 Å². The second-order valence-electron chi connectivity index (χ2n) is 3.88. The number of benzene rings is 1. The number of allylic oxidation sites excluding steroid dienone is 1. The first-order valence-corrected chi connectivity index (χ1v) is 5.46. The predicted molar refractivity (Wildman–Crippen MR) is 67.0 cm³/mol. The first-order valence-electron chi connectivity index (χ1n) is 5.46. The molecule has 0 radical (unpaired) electrons. The van der Waals surface area contributed by atoms with Crippen LogP contribution in [0.2, 0.25) is 0 Å². The van der Waals surface area contributed by atoms with Crippen LogP contribution in [0.4, 0.5) is 0 Å². The van der Waals surface area contributed by atoms with E-state index in [2.05, 4.69) is 11.7 Å². The van der Waals surface area contributed by atoms with E-state index in [1.807, 2.05) is 31.2 Å². The van der Waals surface area contributed by atoms with Gasteiger partial charge in [0.15, 0.2) is 0 Å². The van der Waals surface area contributed by atoms with Crippen molar-refractivity contribution in [3.63, 3.8) is 0 Å². The fraction of sp³-hybridized carbons (Fsp3) is 0.143. The van der Waals surface area contributed by atoms with E-state index in [-0.39, 0.29) is 5.78 Å². The second kappa shape index (κ2) is 4.78. The number of aryl methyl sites for hydroxylation is 1. The van der Waals surface area contributed by atoms with Crippen molar-refractivity contribution in [3.05, 3.63) is 66.0 Å². The molecule has 0 fully saturated rings. The maximum atomic E-state index is 12.2. The summed E-state index contributed by atoms with van der Waals surface area (Å²) in [4.78, 5) is 12.2. The van der Waals surface area contributed by atoms with Crippen LogP contribution in [0, 0.1) is 6.92 Å². The topological polar surface area (TPSA) is 34.9 Å². The minimum atomic E-state index is -0.00986. The second-order valence-corrected chi connectivity index (χ2v) is 3.88. The Morgan fingerprint density at radius 2 is 2.06 bits per heavy atom. The SMILES string of the molecule is C=CCn1nccc1C(=O)c1ccc(C)cc1. The number of aromatic nitrogens is 2. The van der Waals surface area contributed by atoms with Crippen molar-refractivity contribution in [2.45, 2.75) is 13.5 Å². The molecular weight excluding hydrogens is 212 g/mol. The standard InChI is InChI=1S/C14H14N2O/c1-3-10-16-13(8-9-15-16)14(17)12-6-4-11(2)5-7-12/h3-9H,1,10H2,2H3. The van der Waals surface area contributed by atoms with Gasteiger partial charge in [0.1, 0.15) is 5.69 Å². The average molecular weight is 226 g/mol. The predicted octanol–water partition coefficient (Wildman–Crippen LogP) is 2.61. The zero-order valence-electron chi connectivity index (χ0n) is 9.76. The van der Waals surface area contributed by atoms with Crippen LogP contribution < -0.4 is 0 Å². The van der Waals surface area contributed by atoms with Gasteiger partial charge in [-0.15, -0.1) is 6.58 Å². The van der Waals surface area contributed by atoms with Crippen molar-refractivity contribution in [1.29, 1.82) is 0 Å². The van der Waals surface area contributed by atoms with E-state index in [1.54, 1.807) is 23.0 Å². The number of hydrogen-bond acceptors (Lipinski definition) is 2. The number of carbonyl (C=O) groups is 1. The Labute approximate surface area is 100 Å². The normalized spacial score (nSPS) is 10.2. The van der Waals surface area contributed by atoms with Crippen molar-refractivity contribution in [3.8, 4) is 0 Å². The van der Waals surface area contributed by atoms with Crippen LogP contribution in [0.15, 0.2) is 49.2 Å². The summed E-state index contributed by atoms with van der Waals surface area (Å²) in [5.41, 5.74) is 2.41. The third-order valence-corrected chi connectivity index (χ3v) is 2.56. The van der Waals surface area contributed by atoms with Crippen molar-refractivity contribution >= 4 is 5.78 Å². The molecule has 1 aromatic carbocycles. The molecule has 0 spiro atoms. The lowest BCUT2D eigenvalue weighted by atomic mass is 10.1. The third kappa shape index (κ3) is 2.33. The fourth-order valence-electron chi connectivity index (χ4n) is 1.65. The summed E-state index contributed by atoms with van der Waals surface area (Å²) in [6.45, 7) is 6.19. The molecule has 17 heavy (non-hydrogen) atoms. The van der Waals surface area contributed by atoms with Crippen molar-refractivity contribution < 1.29 is 4.79 Å². The zero-order valence-corrected chi connectivity index (χ0v) is 9.76. The number of ketones is 1. The molecule has 0 saturated carbocycles. The summed E-state index contributed by atoms with van der Waals surface area (Å²) >= 11 is 0. The average Bonchev–Trinajstić information content (AvgIpc) is 2.78. The highest BCUT2D eigenvalue weighted by molar-refractivity contribution is 6.07. The van der Waals surface area contributed by atoms with Gasteiger partial charge >= 0.3 is 0 Å². The van der Waals surface area contributed by atoms with E-state index in [4.69, 9.17) is 0 Å². The van der Waals surface area contributed by atoms with E-state index in [0.29, 0.717) is 17.8 Å². The molecule has 2 rings (SSSR count). The Morgan fingerprint density at radius 1 is 1.35 bits per heavy atom. The molecule has 0 amide bonds. The minimum Gasteiger partial charge on any atom is -0.287 e. The first kappa shape index (κ1) is 11.3. The van der Waals surface area contributed by atoms with Crippen LogP contribution in [0.25, 0.3) is 0 Å². The van der Waals surface area contributed by atoms with E-state index in [0.717, 1.165) is 5.56 Å². The molecule has 0 unspecified atom stereocenters. The highest BCUT2D eigenvalue weighted by atomic mass is 16.1. The van der Waals surface area contributed by atoms with Gasteiger partial charge in [-0.1, -0.05) is 35.9 Å². The maximum absolute atomic E-state index is 12.2. The fourth-order valence-corrected chi connectivity index (χ4v) is 1.65. The molecule has 0 aliphatic carbocycles. The lowest BCUT2D eigenvalue weighted by Crippen LogP contribution is -2.10. The molecule has 1 aromatic heterocycles. The van der Waals surface area contributed by atoms with Gasteiger partial charge in [-0.05, 0) is 13.0 Å². The van der Waals surface area contributed by atoms with Crippen LogP contribution in [0.3, 0.4) is 0 Å². The Bertz CT molecular complexity index is 538. The highest BCUT2D eigenvalue weighted by Gasteiger charge is 2.13. The quantitative estimate of drug-likeness (QED) is 0.593. The van der Waals surface area contributed by atoms with Crippen LogP contribution in [0.5, 0.6) is 0 Å². The monoisotopic (exact) mass is 226 g/mol. The van der Waals surface area contributed by atoms with Gasteiger partial charge in [-0.3, -0.25) is 9.48 Å². The largest absolute Gasteiger partial charge is 0.287 e. The van der Waals surface area contributed by atoms with Gasteiger partial charge in [-0.25, -0.2) is 0 Å². The molecule has 0 saturated heterocycles. The van der Waals surface area contributed by atoms with Crippen LogP contribution in [0.1, 0.15) is 21.6 Å². The zero-order chi connectivity index (χ0) is 12.3. The van der Waals surface area contributed by atoms with Crippen LogP contribution in [-0.4, -0.2) is 15.6 Å². The first-order chi connectivity index (χ1) is 8.22. The van der Waals surface area contributed by atoms with E-state index in [1.165, 1.54) is 0 Å². The van der Waals surface area contributed by atoms with Crippen molar-refractivity contribution in [1.82, 2.24) is 9.78 Å². The van der Waals surface area contributed by atoms with Crippen molar-refractivity contribution in [2.24, 2.45) is 0 Å². The summed E-state index contributed by atoms with van der Waals surface area (Å²) in [7, 11) is 0. The van der Waals surface area contributed by atoms with Crippen LogP contribution >= 0.6 is 0 Å². The van der Waals surface area contributed by atoms with E-state index < -0.39 is 0 Å². The van der Waals surface area contributed by atoms with Gasteiger partial charge in [-0.2, -0.15) is 5.10 Å². The molecule has 2 aromatic rings. The van der Waals surface area contributed by atoms with Gasteiger partial charge in [0.2, 0.25) is 5.78 Å². The number of rotatable bonds is 4. The molecule has 3 nitrogen and oxygen atoms in total. The summed E-state index contributed by atoms with van der Waals surface area (Å²) in [5.74, 6) is -0.00986. The maximum Gasteiger partial charge on any atom is 0.211 e. The molecule has 1 heterocycles. The Balaban J connectivity index is 2.33. The number of nitrogens with zero attached hydrogens (tertiary/aromatic N) is 2. The summed E-state index contributed by atoms with van der Waals surface area (Å²) in [6.07, 6.45) is 3.35. The molecule has 0 aliphatic heterocycles. The lowest BCUT2D eigenvalue weighted by molar-refractivity contribution is 0.102. The lowest BCUT2D eigenvalue weighted by Gasteiger charge is -2.04. The molecule has 0 atom stereocenters. The molecule has 0 aliphatic rings. The Hall–Kier alpha value is -2.16. The molecule has 0 N–H and O–H groups in total. The number of hydrogen-bond donors (Lipinski definition) is 0. The summed E-state index contributed by atoms with van der Waals surface area (Å²) in [5, 5.41) is 4.09. The molecule has 3 heteroatoms. The van der Waals surface area contributed by atoms with Crippen LogP contribution in [-0.2, 0) is 6.54 Å². The van der Waals surface area contributed by atoms with Gasteiger partial charge in [0.25, 0.3) is 0 Å². The number of carbonyl (C=O) groups excluding carboxylic acids is 1. The highest BCUT2D eigenvalue weighted by Crippen LogP contribution is 2.10. The minimum absolute atomic E-state index is 0.00986. The molecule has 0 bridgehead atoms. The Morgan fingerprint density at radius 3 is 2.71 bits per heavy atom. The third-order valence-electron chi connectivity index (χ3n) is 2.56. The van der Waals surface area contributed by atoms with Gasteiger partial charge in [0, 0.05) is 11.8 Å². The van der Waals surface area contributed by atoms with Crippen molar-refractivity contribution in [2.75, 3.05) is 0 Å². The summed E-state index contributed by atoms with van der Waals surface area (Å²) in [6, 6.07) is 9.26. The smallest absolute Gasteiger partial charge is 0.211 e. The summed E-state index contributed by atoms with van der Waals surface area (Å²) < 4.78 is 1.65. The van der Waals surface area contributed by atoms with E-state index in [9.17, 15) is 4.79 Å². The molecular formula is C14H14N2O. The molecule has 86 valence electrons. The Kier molecular flexibility index (Phi) is 3.19. The van der Waals surface area contributed by atoms with E-state index >= 15 is 0 Å². The van der Waals surface area contributed by atoms with Gasteiger partial charge in [0.05, 0.1) is 6.54 Å².